The minimum Gasteiger partial charge on any atom is -0.351 e. The average Bonchev–Trinajstić information content (AvgIpc) is 3.60. The highest BCUT2D eigenvalue weighted by atomic mass is 19.3. The number of nitrogens with one attached hydrogen (secondary N) is 1. The Balaban J connectivity index is 1.47. The van der Waals surface area contributed by atoms with Crippen molar-refractivity contribution in [3.05, 3.63) is 83.6 Å². The molecule has 2 aliphatic carbocycles. The van der Waals surface area contributed by atoms with Gasteiger partial charge < -0.3 is 5.32 Å². The van der Waals surface area contributed by atoms with E-state index in [0.29, 0.717) is 12.0 Å². The number of aromatic nitrogens is 2. The Bertz CT molecular complexity index is 1670. The maximum absolute atomic E-state index is 14.8. The molecule has 0 unspecified atom stereocenters. The molecule has 6 rings (SSSR count). The Kier molecular flexibility index (Phi) is 7.57. The number of halogens is 3. The van der Waals surface area contributed by atoms with E-state index < -0.39 is 47.1 Å². The molecule has 2 fully saturated rings. The van der Waals surface area contributed by atoms with Crippen molar-refractivity contribution >= 4 is 29.2 Å². The van der Waals surface area contributed by atoms with Crippen molar-refractivity contribution in [1.82, 2.24) is 15.3 Å². The van der Waals surface area contributed by atoms with E-state index in [-0.39, 0.29) is 62.0 Å². The first-order chi connectivity index (χ1) is 21.1. The van der Waals surface area contributed by atoms with Crippen LogP contribution in [-0.4, -0.2) is 45.7 Å². The lowest BCUT2D eigenvalue weighted by Crippen LogP contribution is -2.62. The molecule has 3 amide bonds. The first-order valence-corrected chi connectivity index (χ1v) is 14.5. The molecule has 1 aromatic carbocycles. The summed E-state index contributed by atoms with van der Waals surface area (Å²) in [4.78, 5) is 53.2. The van der Waals surface area contributed by atoms with Gasteiger partial charge in [0.25, 0.3) is 11.8 Å². The van der Waals surface area contributed by atoms with Crippen molar-refractivity contribution in [1.29, 1.82) is 5.26 Å². The molecule has 44 heavy (non-hydrogen) atoms. The number of aryl methyl sites for hydroxylation is 1. The van der Waals surface area contributed by atoms with Crippen LogP contribution in [0, 0.1) is 17.1 Å². The summed E-state index contributed by atoms with van der Waals surface area (Å²) in [6, 6.07) is 11.5. The second-order valence-corrected chi connectivity index (χ2v) is 11.5. The van der Waals surface area contributed by atoms with E-state index in [0.717, 1.165) is 17.8 Å². The Morgan fingerprint density at radius 2 is 1.82 bits per heavy atom. The predicted molar refractivity (Wildman–Crippen MR) is 153 cm³/mol. The third kappa shape index (κ3) is 5.16. The minimum atomic E-state index is -2.80. The summed E-state index contributed by atoms with van der Waals surface area (Å²) in [7, 11) is 0. The number of carbonyl (C=O) groups excluding carboxylic acids is 3. The first kappa shape index (κ1) is 29.3. The number of nitriles is 1. The lowest BCUT2D eigenvalue weighted by Gasteiger charge is -2.43. The van der Waals surface area contributed by atoms with Gasteiger partial charge in [-0.15, -0.1) is 0 Å². The van der Waals surface area contributed by atoms with Crippen LogP contribution in [0.5, 0.6) is 0 Å². The number of anilines is 2. The maximum atomic E-state index is 14.8. The van der Waals surface area contributed by atoms with Gasteiger partial charge in [0.2, 0.25) is 11.8 Å². The average molecular weight is 603 g/mol. The number of rotatable bonds is 6. The molecule has 2 aromatic heterocycles. The zero-order valence-electron chi connectivity index (χ0n) is 23.7. The molecule has 2 atom stereocenters. The van der Waals surface area contributed by atoms with Crippen LogP contribution in [0.2, 0.25) is 0 Å². The second kappa shape index (κ2) is 11.4. The van der Waals surface area contributed by atoms with E-state index in [2.05, 4.69) is 15.3 Å². The lowest BCUT2D eigenvalue weighted by molar-refractivity contribution is -0.132. The quantitative estimate of drug-likeness (QED) is 0.442. The predicted octanol–water partition coefficient (Wildman–Crippen LogP) is 4.55. The van der Waals surface area contributed by atoms with Crippen LogP contribution in [-0.2, 0) is 26.3 Å². The van der Waals surface area contributed by atoms with Gasteiger partial charge in [-0.1, -0.05) is 24.3 Å². The fraction of sp³-hybridized carbons (Fsp3) is 0.375. The highest BCUT2D eigenvalue weighted by molar-refractivity contribution is 6.12. The molecule has 226 valence electrons. The first-order valence-electron chi connectivity index (χ1n) is 14.5. The summed E-state index contributed by atoms with van der Waals surface area (Å²) in [5.74, 6) is -5.05. The van der Waals surface area contributed by atoms with Crippen LogP contribution in [0.25, 0.3) is 0 Å². The van der Waals surface area contributed by atoms with Gasteiger partial charge in [-0.3, -0.25) is 29.2 Å². The van der Waals surface area contributed by atoms with Gasteiger partial charge in [-0.25, -0.2) is 18.2 Å². The van der Waals surface area contributed by atoms with Gasteiger partial charge in [-0.05, 0) is 55.4 Å². The van der Waals surface area contributed by atoms with Crippen molar-refractivity contribution in [2.24, 2.45) is 0 Å². The summed E-state index contributed by atoms with van der Waals surface area (Å²) >= 11 is 0. The summed E-state index contributed by atoms with van der Waals surface area (Å²) in [5, 5.41) is 12.4. The van der Waals surface area contributed by atoms with Crippen molar-refractivity contribution in [3.8, 4) is 6.07 Å². The number of pyridine rings is 2. The summed E-state index contributed by atoms with van der Waals surface area (Å²) < 4.78 is 42.6. The zero-order valence-corrected chi connectivity index (χ0v) is 23.7. The van der Waals surface area contributed by atoms with Crippen LogP contribution in [0.4, 0.5) is 24.7 Å². The van der Waals surface area contributed by atoms with E-state index in [9.17, 15) is 32.8 Å². The van der Waals surface area contributed by atoms with E-state index in [1.54, 1.807) is 12.1 Å². The fourth-order valence-corrected chi connectivity index (χ4v) is 6.68. The highest BCUT2D eigenvalue weighted by Gasteiger charge is 2.55. The molecule has 3 aromatic rings. The molecule has 3 heterocycles. The van der Waals surface area contributed by atoms with Gasteiger partial charge in [0, 0.05) is 37.6 Å². The Hall–Kier alpha value is -4.79. The Morgan fingerprint density at radius 1 is 1.05 bits per heavy atom. The van der Waals surface area contributed by atoms with Crippen LogP contribution in [0.3, 0.4) is 0 Å². The number of fused-ring (bicyclic) bond motifs is 1. The smallest absolute Gasteiger partial charge is 0.251 e. The van der Waals surface area contributed by atoms with Crippen molar-refractivity contribution in [2.75, 3.05) is 9.80 Å². The Labute approximate surface area is 251 Å². The molecule has 3 aliphatic rings. The summed E-state index contributed by atoms with van der Waals surface area (Å²) in [6.45, 7) is 0. The SMILES string of the molecule is N#Cc1ccnc(N2C(=O)CC[C@H]2C(=O)N(c2cncc(F)c2)[C@]2(C(=O)NC3CCC(F)(F)CC3)CCc3ccccc32)c1. The molecule has 1 saturated carbocycles. The van der Waals surface area contributed by atoms with Crippen molar-refractivity contribution in [2.45, 2.75) is 74.9 Å². The van der Waals surface area contributed by atoms with Crippen LogP contribution in [0.15, 0.2) is 61.1 Å². The topological polar surface area (TPSA) is 119 Å². The molecule has 1 saturated heterocycles. The van der Waals surface area contributed by atoms with Crippen molar-refractivity contribution in [3.63, 3.8) is 0 Å². The standard InChI is InChI=1S/C32H29F3N6O3/c33-22-16-24(19-37-18-22)41(29(43)26-5-6-28(42)40(26)27-15-20(17-36)10-14-38-27)32(13-7-21-3-1-2-4-25(21)32)30(44)39-23-8-11-31(34,35)12-9-23/h1-4,10,14-16,18-19,23,26H,5-9,11-13H2,(H,39,44)/t26-,32+/m0/s1. The molecule has 0 radical (unpaired) electrons. The van der Waals surface area contributed by atoms with Crippen LogP contribution < -0.4 is 15.1 Å². The van der Waals surface area contributed by atoms with Crippen LogP contribution in [0.1, 0.15) is 61.6 Å². The number of carbonyl (C=O) groups is 3. The van der Waals surface area contributed by atoms with Crippen molar-refractivity contribution < 1.29 is 27.6 Å². The third-order valence-corrected chi connectivity index (χ3v) is 8.82. The monoisotopic (exact) mass is 602 g/mol. The minimum absolute atomic E-state index is 0.00932. The van der Waals surface area contributed by atoms with E-state index in [1.165, 1.54) is 34.3 Å². The van der Waals surface area contributed by atoms with E-state index in [1.807, 2.05) is 18.2 Å². The molecule has 12 heteroatoms. The number of hydrogen-bond acceptors (Lipinski definition) is 6. The number of benzene rings is 1. The van der Waals surface area contributed by atoms with Crippen LogP contribution >= 0.6 is 0 Å². The number of hydrogen-bond donors (Lipinski definition) is 1. The fourth-order valence-electron chi connectivity index (χ4n) is 6.68. The van der Waals surface area contributed by atoms with Gasteiger partial charge in [-0.2, -0.15) is 5.26 Å². The number of alkyl halides is 2. The molecular weight excluding hydrogens is 573 g/mol. The molecule has 0 spiro atoms. The zero-order chi connectivity index (χ0) is 31.1. The lowest BCUT2D eigenvalue weighted by atomic mass is 9.85. The summed E-state index contributed by atoms with van der Waals surface area (Å²) in [6.07, 6.45) is 3.67. The second-order valence-electron chi connectivity index (χ2n) is 11.5. The van der Waals surface area contributed by atoms with E-state index >= 15 is 0 Å². The Morgan fingerprint density at radius 3 is 2.57 bits per heavy atom. The molecule has 9 nitrogen and oxygen atoms in total. The molecule has 1 N–H and O–H groups in total. The summed E-state index contributed by atoms with van der Waals surface area (Å²) in [5.41, 5.74) is -0.109. The van der Waals surface area contributed by atoms with E-state index in [4.69, 9.17) is 0 Å². The highest BCUT2D eigenvalue weighted by Crippen LogP contribution is 2.46. The van der Waals surface area contributed by atoms with Gasteiger partial charge in [0.15, 0.2) is 5.54 Å². The van der Waals surface area contributed by atoms with Gasteiger partial charge in [0.1, 0.15) is 17.7 Å². The number of nitrogens with zero attached hydrogens (tertiary/aromatic N) is 5. The van der Waals surface area contributed by atoms with Gasteiger partial charge >= 0.3 is 0 Å². The molecule has 0 bridgehead atoms. The number of amides is 3. The molecule has 1 aliphatic heterocycles. The normalized spacial score (nSPS) is 22.7. The van der Waals surface area contributed by atoms with Gasteiger partial charge in [0.05, 0.1) is 29.7 Å². The largest absolute Gasteiger partial charge is 0.351 e. The third-order valence-electron chi connectivity index (χ3n) is 8.82. The molecular formula is C32H29F3N6O3. The maximum Gasteiger partial charge on any atom is 0.251 e.